The Morgan fingerprint density at radius 3 is 1.68 bits per heavy atom. The minimum atomic E-state index is -4.69. The SMILES string of the molecule is CC(C)(C)P(C[C]12[C]3(c4ccccc4)[C]4(c5ccccc5)[CH]5[C]1(C(P)(C1CCCNC1)C1CCCNC1)[Fe]54231678[CH]2[CH]1[CH]6[CH]7[CH]28)C1C2CC3CC(C2)CC1C3. The molecule has 2 N–H and O–H groups in total. The molecule has 4 saturated carbocycles. The van der Waals surface area contributed by atoms with E-state index in [2.05, 4.69) is 101 Å². The van der Waals surface area contributed by atoms with E-state index in [1.807, 2.05) is 11.1 Å². The first-order chi connectivity index (χ1) is 25.5. The van der Waals surface area contributed by atoms with Crippen molar-refractivity contribution in [3.63, 3.8) is 0 Å². The van der Waals surface area contributed by atoms with Crippen LogP contribution in [0.2, 0.25) is 37.5 Å². The van der Waals surface area contributed by atoms with Crippen molar-refractivity contribution in [2.45, 2.75) is 141 Å². The van der Waals surface area contributed by atoms with Gasteiger partial charge in [0.25, 0.3) is 0 Å². The fourth-order valence-corrected chi connectivity index (χ4v) is 123. The van der Waals surface area contributed by atoms with Gasteiger partial charge < -0.3 is 0 Å². The summed E-state index contributed by atoms with van der Waals surface area (Å²) >= 11 is 0. The van der Waals surface area contributed by atoms with Crippen molar-refractivity contribution in [3.05, 3.63) is 71.8 Å². The molecule has 5 heteroatoms. The van der Waals surface area contributed by atoms with Crippen molar-refractivity contribution in [3.8, 4) is 0 Å². The third-order valence-electron chi connectivity index (χ3n) is 28.2. The van der Waals surface area contributed by atoms with Crippen LogP contribution in [0.3, 0.4) is 0 Å². The molecule has 1 spiro atoms. The predicted octanol–water partition coefficient (Wildman–Crippen LogP) is 11.0. The zero-order valence-electron chi connectivity index (χ0n) is 32.6. The zero-order chi connectivity index (χ0) is 34.9. The van der Waals surface area contributed by atoms with Crippen LogP contribution in [0.15, 0.2) is 60.7 Å². The number of piperidine rings is 2. The Balaban J connectivity index is 0.999. The number of rotatable bonds is 8. The van der Waals surface area contributed by atoms with Crippen molar-refractivity contribution >= 4 is 17.2 Å². The van der Waals surface area contributed by atoms with Crippen molar-refractivity contribution in [1.29, 1.82) is 0 Å². The first-order valence-electron chi connectivity index (χ1n) is 22.8. The van der Waals surface area contributed by atoms with Crippen LogP contribution >= 0.6 is 17.2 Å². The van der Waals surface area contributed by atoms with Crippen LogP contribution in [0.1, 0.15) is 89.7 Å². The van der Waals surface area contributed by atoms with Crippen molar-refractivity contribution in [2.75, 3.05) is 32.3 Å². The molecule has 53 heavy (non-hydrogen) atoms. The van der Waals surface area contributed by atoms with E-state index in [0.29, 0.717) is 27.6 Å². The van der Waals surface area contributed by atoms with Gasteiger partial charge in [0.1, 0.15) is 0 Å². The second kappa shape index (κ2) is 5.56. The van der Waals surface area contributed by atoms with Crippen LogP contribution in [-0.2, 0) is 15.1 Å². The summed E-state index contributed by atoms with van der Waals surface area (Å²) in [6.07, 6.45) is 15.5. The van der Waals surface area contributed by atoms with E-state index >= 15 is 0 Å². The fourth-order valence-electron chi connectivity index (χ4n) is 31.4. The van der Waals surface area contributed by atoms with E-state index in [1.54, 1.807) is 38.3 Å². The third kappa shape index (κ3) is 0.973. The van der Waals surface area contributed by atoms with Gasteiger partial charge in [0.15, 0.2) is 0 Å². The molecule has 9 atom stereocenters. The molecule has 4 bridgehead atoms. The Hall–Kier alpha value is -0.261. The molecule has 12 saturated heterocycles. The molecule has 9 unspecified atom stereocenters. The Kier molecular flexibility index (Phi) is 3.14. The van der Waals surface area contributed by atoms with Crippen LogP contribution < -0.4 is 10.6 Å². The standard InChI is InChI=1S/C43H59N2P2.C5H5.Fe/c1-42(2,3)47(41-33-21-29-20-30(23-33)24-34(41)22-29)28-38-39(43(46,35-16-10-18-44-26-35)36-17-11-19-45-27-36)25-37(31-12-6-4-7-13-31)40(38)32-14-8-5-9-15-32;1-2-4-5-3-1;/h4-9,12-15,25,29-30,33-36,41,44-45H,10-11,16-24,26-28,46H2,1-3H3;1-5H;. The molecule has 16 fully saturated rings. The van der Waals surface area contributed by atoms with Gasteiger partial charge in [-0.05, 0) is 0 Å². The molecule has 0 aromatic heterocycles. The van der Waals surface area contributed by atoms with Crippen LogP contribution in [-0.4, -0.2) is 48.3 Å². The molecule has 0 radical (unpaired) electrons. The quantitative estimate of drug-likeness (QED) is 0.206. The fraction of sp³-hybridized carbons (Fsp3) is 0.750. The van der Waals surface area contributed by atoms with E-state index in [1.165, 1.54) is 75.9 Å². The topological polar surface area (TPSA) is 24.1 Å². The minimum absolute atomic E-state index is 0.0905. The van der Waals surface area contributed by atoms with Gasteiger partial charge in [-0.3, -0.25) is 0 Å². The van der Waals surface area contributed by atoms with E-state index in [-0.39, 0.29) is 7.92 Å². The second-order valence-corrected chi connectivity index (χ2v) is 52.3. The van der Waals surface area contributed by atoms with Crippen molar-refractivity contribution in [1.82, 2.24) is 10.6 Å². The maximum absolute atomic E-state index is 4.69. The summed E-state index contributed by atoms with van der Waals surface area (Å²) in [5, 5.41) is 9.09. The van der Waals surface area contributed by atoms with E-state index in [4.69, 9.17) is 0 Å². The van der Waals surface area contributed by atoms with Gasteiger partial charge in [-0.25, -0.2) is 0 Å². The van der Waals surface area contributed by atoms with Gasteiger partial charge >= 0.3 is 315 Å². The van der Waals surface area contributed by atoms with Crippen LogP contribution in [0.4, 0.5) is 0 Å². The number of hydrogen-bond donors (Lipinski definition) is 2. The van der Waals surface area contributed by atoms with Crippen LogP contribution in [0.25, 0.3) is 0 Å². The summed E-state index contributed by atoms with van der Waals surface area (Å²) in [6, 6.07) is 25.9. The first-order valence-corrected chi connectivity index (χ1v) is 31.0. The van der Waals surface area contributed by atoms with Gasteiger partial charge in [-0.2, -0.15) is 0 Å². The summed E-state index contributed by atoms with van der Waals surface area (Å²) in [6.45, 7) is 8.80. The molecule has 2 nitrogen and oxygen atoms in total. The first kappa shape index (κ1) is 29.9. The molecule has 16 aliphatic rings. The Morgan fingerprint density at radius 2 is 1.23 bits per heavy atom. The van der Waals surface area contributed by atoms with Gasteiger partial charge in [-0.1, -0.05) is 0 Å². The van der Waals surface area contributed by atoms with Crippen LogP contribution in [0.5, 0.6) is 0 Å². The Labute approximate surface area is 313 Å². The summed E-state index contributed by atoms with van der Waals surface area (Å²) in [5.74, 6) is 5.95. The number of hydrogen-bond acceptors (Lipinski definition) is 2. The monoisotopic (exact) mass is 786 g/mol. The normalized spacial score (nSPS) is 69.2. The van der Waals surface area contributed by atoms with Crippen LogP contribution in [0, 0.1) is 35.5 Å². The van der Waals surface area contributed by atoms with E-state index < -0.39 is 6.51 Å². The van der Waals surface area contributed by atoms with Gasteiger partial charge in [0.2, 0.25) is 0 Å². The molecule has 4 aliphatic carbocycles. The average molecular weight is 787 g/mol. The molecule has 2 aromatic rings. The van der Waals surface area contributed by atoms with E-state index in [0.717, 1.165) is 46.0 Å². The predicted molar refractivity (Wildman–Crippen MR) is 220 cm³/mol. The molecule has 284 valence electrons. The zero-order valence-corrected chi connectivity index (χ0v) is 35.7. The number of nitrogens with one attached hydrogen (secondary N) is 2. The maximum atomic E-state index is 4.12. The van der Waals surface area contributed by atoms with Gasteiger partial charge in [-0.15, -0.1) is 0 Å². The van der Waals surface area contributed by atoms with Gasteiger partial charge in [0.05, 0.1) is 0 Å². The second-order valence-electron chi connectivity index (χ2n) is 25.5. The number of fused-ring (bicyclic) bond motifs is 10. The summed E-state index contributed by atoms with van der Waals surface area (Å²) in [7, 11) is 4.03. The third-order valence-corrected chi connectivity index (χ3v) is 78.7. The Morgan fingerprint density at radius 1 is 0.717 bits per heavy atom. The molecule has 0 amide bonds. The summed E-state index contributed by atoms with van der Waals surface area (Å²) < 4.78 is 2.50. The summed E-state index contributed by atoms with van der Waals surface area (Å²) in [4.78, 5) is 7.20. The van der Waals surface area contributed by atoms with Crippen molar-refractivity contribution < 1.29 is 6.51 Å². The summed E-state index contributed by atoms with van der Waals surface area (Å²) in [5.41, 5.74) is 4.90. The average Bonchev–Trinajstić information content (AvgIpc) is 4.13. The Bertz CT molecular complexity index is 2400. The molecule has 12 heterocycles. The van der Waals surface area contributed by atoms with E-state index in [9.17, 15) is 0 Å². The molecule has 12 aliphatic heterocycles. The molecular weight excluding hydrogens is 722 g/mol. The van der Waals surface area contributed by atoms with Crippen molar-refractivity contribution in [2.24, 2.45) is 35.5 Å². The molecule has 18 rings (SSSR count). The molecular formula is C48H64FeN2P2. The number of benzene rings is 2. The molecule has 2 aromatic carbocycles. The van der Waals surface area contributed by atoms with Gasteiger partial charge in [0, 0.05) is 0 Å².